The van der Waals surface area contributed by atoms with Gasteiger partial charge >= 0.3 is 0 Å². The molecule has 0 spiro atoms. The lowest BCUT2D eigenvalue weighted by Gasteiger charge is -2.39. The summed E-state index contributed by atoms with van der Waals surface area (Å²) in [5, 5.41) is 3.35. The first-order valence-electron chi connectivity index (χ1n) is 5.19. The second-order valence-electron chi connectivity index (χ2n) is 4.58. The molecule has 0 unspecified atom stereocenters. The molecule has 76 valence electrons. The highest BCUT2D eigenvalue weighted by atomic mass is 16.5. The highest BCUT2D eigenvalue weighted by Crippen LogP contribution is 2.27. The zero-order chi connectivity index (χ0) is 9.15. The Hall–Kier alpha value is -0.120. The standard InChI is InChI=1S/C10H19NO2/c1-10(6-12-7-10)8-13-9-3-2-4-11-5-9/h9,11H,2-8H2,1H3/t9-/m1/s1. The number of hydrogen-bond donors (Lipinski definition) is 1. The summed E-state index contributed by atoms with van der Waals surface area (Å²) >= 11 is 0. The highest BCUT2D eigenvalue weighted by molar-refractivity contribution is 4.81. The largest absolute Gasteiger partial charge is 0.380 e. The molecular weight excluding hydrogens is 166 g/mol. The van der Waals surface area contributed by atoms with Crippen LogP contribution in [0.3, 0.4) is 0 Å². The van der Waals surface area contributed by atoms with Gasteiger partial charge in [-0.2, -0.15) is 0 Å². The molecule has 2 saturated heterocycles. The Morgan fingerprint density at radius 3 is 2.92 bits per heavy atom. The molecule has 2 rings (SSSR count). The van der Waals surface area contributed by atoms with Crippen LogP contribution in [-0.2, 0) is 9.47 Å². The molecule has 0 radical (unpaired) electrons. The van der Waals surface area contributed by atoms with Gasteiger partial charge in [0, 0.05) is 12.0 Å². The summed E-state index contributed by atoms with van der Waals surface area (Å²) in [6.07, 6.45) is 2.90. The number of rotatable bonds is 3. The monoisotopic (exact) mass is 185 g/mol. The summed E-state index contributed by atoms with van der Waals surface area (Å²) in [6, 6.07) is 0. The Bertz CT molecular complexity index is 162. The molecule has 1 N–H and O–H groups in total. The summed E-state index contributed by atoms with van der Waals surface area (Å²) < 4.78 is 11.0. The van der Waals surface area contributed by atoms with E-state index in [4.69, 9.17) is 9.47 Å². The summed E-state index contributed by atoms with van der Waals surface area (Å²) in [6.45, 7) is 7.00. The molecule has 2 aliphatic heterocycles. The fourth-order valence-corrected chi connectivity index (χ4v) is 1.81. The van der Waals surface area contributed by atoms with Crippen LogP contribution < -0.4 is 5.32 Å². The van der Waals surface area contributed by atoms with E-state index in [0.29, 0.717) is 11.5 Å². The third kappa shape index (κ3) is 2.42. The molecule has 2 heterocycles. The SMILES string of the molecule is CC1(CO[C@@H]2CCCNC2)COC1. The third-order valence-electron chi connectivity index (χ3n) is 2.82. The van der Waals surface area contributed by atoms with Gasteiger partial charge in [0.25, 0.3) is 0 Å². The highest BCUT2D eigenvalue weighted by Gasteiger charge is 2.34. The minimum atomic E-state index is 0.303. The van der Waals surface area contributed by atoms with E-state index < -0.39 is 0 Å². The lowest BCUT2D eigenvalue weighted by molar-refractivity contribution is -0.150. The fraction of sp³-hybridized carbons (Fsp3) is 1.00. The predicted molar refractivity (Wildman–Crippen MR) is 50.8 cm³/mol. The van der Waals surface area contributed by atoms with Crippen LogP contribution in [0.2, 0.25) is 0 Å². The predicted octanol–water partition coefficient (Wildman–Crippen LogP) is 0.791. The topological polar surface area (TPSA) is 30.5 Å². The lowest BCUT2D eigenvalue weighted by atomic mass is 9.90. The molecule has 2 fully saturated rings. The molecule has 3 heteroatoms. The minimum Gasteiger partial charge on any atom is -0.380 e. The van der Waals surface area contributed by atoms with Crippen molar-refractivity contribution in [2.75, 3.05) is 32.9 Å². The van der Waals surface area contributed by atoms with E-state index in [1.54, 1.807) is 0 Å². The van der Waals surface area contributed by atoms with Crippen LogP contribution in [0, 0.1) is 5.41 Å². The average molecular weight is 185 g/mol. The smallest absolute Gasteiger partial charge is 0.0700 e. The zero-order valence-corrected chi connectivity index (χ0v) is 8.34. The minimum absolute atomic E-state index is 0.303. The van der Waals surface area contributed by atoms with Crippen LogP contribution in [0.4, 0.5) is 0 Å². The number of ether oxygens (including phenoxy) is 2. The maximum atomic E-state index is 5.85. The van der Waals surface area contributed by atoms with Gasteiger partial charge in [0.15, 0.2) is 0 Å². The van der Waals surface area contributed by atoms with Crippen LogP contribution in [0.25, 0.3) is 0 Å². The quantitative estimate of drug-likeness (QED) is 0.705. The van der Waals surface area contributed by atoms with E-state index in [-0.39, 0.29) is 0 Å². The van der Waals surface area contributed by atoms with Crippen molar-refractivity contribution < 1.29 is 9.47 Å². The van der Waals surface area contributed by atoms with Crippen LogP contribution in [0.1, 0.15) is 19.8 Å². The Labute approximate surface area is 79.8 Å². The van der Waals surface area contributed by atoms with Gasteiger partial charge in [-0.05, 0) is 19.4 Å². The molecule has 0 aliphatic carbocycles. The molecule has 0 aromatic rings. The summed E-state index contributed by atoms with van der Waals surface area (Å²) in [7, 11) is 0. The molecule has 0 amide bonds. The first kappa shape index (κ1) is 9.44. The number of hydrogen-bond acceptors (Lipinski definition) is 3. The second-order valence-corrected chi connectivity index (χ2v) is 4.58. The first-order valence-corrected chi connectivity index (χ1v) is 5.19. The molecule has 0 saturated carbocycles. The number of nitrogens with one attached hydrogen (secondary N) is 1. The van der Waals surface area contributed by atoms with Crippen molar-refractivity contribution >= 4 is 0 Å². The van der Waals surface area contributed by atoms with Crippen LogP contribution in [-0.4, -0.2) is 39.0 Å². The van der Waals surface area contributed by atoms with E-state index in [1.165, 1.54) is 12.8 Å². The Kier molecular flexibility index (Phi) is 2.86. The molecule has 1 atom stereocenters. The van der Waals surface area contributed by atoms with E-state index in [9.17, 15) is 0 Å². The summed E-state index contributed by atoms with van der Waals surface area (Å²) in [5.74, 6) is 0. The second kappa shape index (κ2) is 3.95. The van der Waals surface area contributed by atoms with Gasteiger partial charge < -0.3 is 14.8 Å². The third-order valence-corrected chi connectivity index (χ3v) is 2.82. The maximum Gasteiger partial charge on any atom is 0.0700 e. The fourth-order valence-electron chi connectivity index (χ4n) is 1.81. The van der Waals surface area contributed by atoms with Gasteiger partial charge in [0.1, 0.15) is 0 Å². The first-order chi connectivity index (χ1) is 6.29. The average Bonchev–Trinajstić information content (AvgIpc) is 2.13. The molecule has 0 bridgehead atoms. The van der Waals surface area contributed by atoms with Gasteiger partial charge in [0.05, 0.1) is 25.9 Å². The van der Waals surface area contributed by atoms with E-state index >= 15 is 0 Å². The van der Waals surface area contributed by atoms with Crippen molar-refractivity contribution in [2.24, 2.45) is 5.41 Å². The Morgan fingerprint density at radius 1 is 1.54 bits per heavy atom. The van der Waals surface area contributed by atoms with Crippen LogP contribution >= 0.6 is 0 Å². The molecule has 2 aliphatic rings. The maximum absolute atomic E-state index is 5.85. The summed E-state index contributed by atoms with van der Waals surface area (Å²) in [5.41, 5.74) is 0.303. The van der Waals surface area contributed by atoms with E-state index in [1.807, 2.05) is 0 Å². The van der Waals surface area contributed by atoms with Crippen molar-refractivity contribution in [3.05, 3.63) is 0 Å². The molecular formula is C10H19NO2. The van der Waals surface area contributed by atoms with Crippen LogP contribution in [0.15, 0.2) is 0 Å². The van der Waals surface area contributed by atoms with Crippen molar-refractivity contribution in [1.29, 1.82) is 0 Å². The van der Waals surface area contributed by atoms with Gasteiger partial charge in [0.2, 0.25) is 0 Å². The summed E-state index contributed by atoms with van der Waals surface area (Å²) in [4.78, 5) is 0. The lowest BCUT2D eigenvalue weighted by Crippen LogP contribution is -2.46. The Morgan fingerprint density at radius 2 is 2.38 bits per heavy atom. The molecule has 0 aromatic carbocycles. The van der Waals surface area contributed by atoms with Crippen molar-refractivity contribution in [3.63, 3.8) is 0 Å². The number of piperidine rings is 1. The van der Waals surface area contributed by atoms with E-state index in [0.717, 1.165) is 32.9 Å². The Balaban J connectivity index is 1.66. The van der Waals surface area contributed by atoms with Gasteiger partial charge in [-0.25, -0.2) is 0 Å². The van der Waals surface area contributed by atoms with Gasteiger partial charge in [-0.15, -0.1) is 0 Å². The molecule has 13 heavy (non-hydrogen) atoms. The van der Waals surface area contributed by atoms with Crippen molar-refractivity contribution in [2.45, 2.75) is 25.9 Å². The molecule has 0 aromatic heterocycles. The van der Waals surface area contributed by atoms with E-state index in [2.05, 4.69) is 12.2 Å². The van der Waals surface area contributed by atoms with Gasteiger partial charge in [-0.1, -0.05) is 6.92 Å². The van der Waals surface area contributed by atoms with Crippen molar-refractivity contribution in [3.8, 4) is 0 Å². The van der Waals surface area contributed by atoms with Crippen LogP contribution in [0.5, 0.6) is 0 Å². The normalized spacial score (nSPS) is 32.5. The van der Waals surface area contributed by atoms with Gasteiger partial charge in [-0.3, -0.25) is 0 Å². The zero-order valence-electron chi connectivity index (χ0n) is 8.34. The van der Waals surface area contributed by atoms with Crippen molar-refractivity contribution in [1.82, 2.24) is 5.32 Å². The molecule has 3 nitrogen and oxygen atoms in total.